The summed E-state index contributed by atoms with van der Waals surface area (Å²) in [5.41, 5.74) is 1.40. The molecule has 1 aromatic carbocycles. The molecule has 6 nitrogen and oxygen atoms in total. The Balaban J connectivity index is 1.80. The molecule has 2 aromatic rings. The first-order valence-corrected chi connectivity index (χ1v) is 6.12. The number of ether oxygens (including phenoxy) is 1. The van der Waals surface area contributed by atoms with Crippen LogP contribution in [0.3, 0.4) is 0 Å². The maximum Gasteiger partial charge on any atom is 0.228 e. The van der Waals surface area contributed by atoms with Gasteiger partial charge in [-0.25, -0.2) is 0 Å². The van der Waals surface area contributed by atoms with E-state index in [0.717, 1.165) is 11.3 Å². The second kappa shape index (κ2) is 6.38. The largest absolute Gasteiger partial charge is 0.493 e. The quantitative estimate of drug-likeness (QED) is 0.869. The Hall–Kier alpha value is -2.81. The van der Waals surface area contributed by atoms with Gasteiger partial charge in [-0.05, 0) is 24.6 Å². The Bertz CT molecular complexity index is 643. The number of amides is 1. The Kier molecular flexibility index (Phi) is 4.35. The van der Waals surface area contributed by atoms with Crippen molar-refractivity contribution < 1.29 is 9.53 Å². The molecule has 1 aromatic heterocycles. The molecule has 0 aliphatic rings. The van der Waals surface area contributed by atoms with Crippen molar-refractivity contribution in [3.63, 3.8) is 0 Å². The van der Waals surface area contributed by atoms with Gasteiger partial charge in [-0.3, -0.25) is 9.89 Å². The van der Waals surface area contributed by atoms with Gasteiger partial charge >= 0.3 is 0 Å². The summed E-state index contributed by atoms with van der Waals surface area (Å²) in [7, 11) is 0. The zero-order chi connectivity index (χ0) is 14.4. The number of hydrogen-bond donors (Lipinski definition) is 2. The van der Waals surface area contributed by atoms with Gasteiger partial charge in [-0.1, -0.05) is 12.1 Å². The lowest BCUT2D eigenvalue weighted by Gasteiger charge is -2.07. The van der Waals surface area contributed by atoms with Gasteiger partial charge in [0, 0.05) is 0 Å². The van der Waals surface area contributed by atoms with Gasteiger partial charge in [0.15, 0.2) is 0 Å². The highest BCUT2D eigenvalue weighted by Gasteiger charge is 2.08. The second-order valence-corrected chi connectivity index (χ2v) is 4.23. The van der Waals surface area contributed by atoms with E-state index in [1.54, 1.807) is 0 Å². The monoisotopic (exact) mass is 270 g/mol. The summed E-state index contributed by atoms with van der Waals surface area (Å²) in [6.45, 7) is 2.24. The summed E-state index contributed by atoms with van der Waals surface area (Å²) in [6, 6.07) is 9.54. The Labute approximate surface area is 116 Å². The molecule has 20 heavy (non-hydrogen) atoms. The van der Waals surface area contributed by atoms with Crippen LogP contribution in [0.2, 0.25) is 0 Å². The third-order valence-electron chi connectivity index (χ3n) is 2.61. The molecule has 1 amide bonds. The van der Waals surface area contributed by atoms with Gasteiger partial charge in [-0.2, -0.15) is 10.4 Å². The number of nitriles is 1. The molecule has 0 saturated carbocycles. The van der Waals surface area contributed by atoms with Crippen molar-refractivity contribution in [2.45, 2.75) is 13.3 Å². The average molecular weight is 270 g/mol. The van der Waals surface area contributed by atoms with Gasteiger partial charge in [0.25, 0.3) is 0 Å². The fourth-order valence-electron chi connectivity index (χ4n) is 1.63. The number of aryl methyl sites for hydroxylation is 1. The molecule has 0 aliphatic heterocycles. The number of benzene rings is 1. The summed E-state index contributed by atoms with van der Waals surface area (Å²) in [6.07, 6.45) is 1.55. The van der Waals surface area contributed by atoms with Crippen LogP contribution >= 0.6 is 0 Å². The van der Waals surface area contributed by atoms with E-state index in [1.807, 2.05) is 37.3 Å². The van der Waals surface area contributed by atoms with Crippen molar-refractivity contribution in [3.8, 4) is 11.8 Å². The first-order chi connectivity index (χ1) is 9.69. The summed E-state index contributed by atoms with van der Waals surface area (Å²) >= 11 is 0. The molecule has 2 N–H and O–H groups in total. The second-order valence-electron chi connectivity index (χ2n) is 4.23. The predicted molar refractivity (Wildman–Crippen MR) is 73.2 cm³/mol. The van der Waals surface area contributed by atoms with Gasteiger partial charge in [-0.15, -0.1) is 0 Å². The van der Waals surface area contributed by atoms with Crippen LogP contribution in [-0.4, -0.2) is 22.7 Å². The molecule has 0 radical (unpaired) electrons. The summed E-state index contributed by atoms with van der Waals surface area (Å²) < 4.78 is 5.48. The highest BCUT2D eigenvalue weighted by Crippen LogP contribution is 2.13. The molecule has 0 saturated heterocycles. The molecule has 0 spiro atoms. The Morgan fingerprint density at radius 1 is 1.55 bits per heavy atom. The summed E-state index contributed by atoms with van der Waals surface area (Å²) in [4.78, 5) is 11.7. The molecule has 6 heteroatoms. The van der Waals surface area contributed by atoms with Crippen molar-refractivity contribution in [1.82, 2.24) is 10.2 Å². The predicted octanol–water partition coefficient (Wildman–Crippen LogP) is 2.00. The van der Waals surface area contributed by atoms with Gasteiger partial charge in [0.05, 0.1) is 19.2 Å². The number of nitrogens with zero attached hydrogens (tertiary/aromatic N) is 2. The fraction of sp³-hybridized carbons (Fsp3) is 0.214. The van der Waals surface area contributed by atoms with Crippen LogP contribution < -0.4 is 10.1 Å². The van der Waals surface area contributed by atoms with Crippen LogP contribution in [0.1, 0.15) is 17.5 Å². The lowest BCUT2D eigenvalue weighted by atomic mass is 10.2. The van der Waals surface area contributed by atoms with Crippen LogP contribution in [0.25, 0.3) is 0 Å². The lowest BCUT2D eigenvalue weighted by molar-refractivity contribution is -0.116. The number of anilines is 1. The SMILES string of the molecule is Cc1cccc(OCCC(=O)Nc2[nH]ncc2C#N)c1. The van der Waals surface area contributed by atoms with Crippen LogP contribution in [-0.2, 0) is 4.79 Å². The fourth-order valence-corrected chi connectivity index (χ4v) is 1.63. The van der Waals surface area contributed by atoms with E-state index in [1.165, 1.54) is 6.20 Å². The average Bonchev–Trinajstić information content (AvgIpc) is 2.86. The van der Waals surface area contributed by atoms with Crippen LogP contribution in [0.5, 0.6) is 5.75 Å². The number of hydrogen-bond acceptors (Lipinski definition) is 4. The highest BCUT2D eigenvalue weighted by molar-refractivity contribution is 5.90. The number of carbonyl (C=O) groups is 1. The van der Waals surface area contributed by atoms with E-state index in [2.05, 4.69) is 15.5 Å². The topological polar surface area (TPSA) is 90.8 Å². The molecule has 2 rings (SSSR count). The van der Waals surface area contributed by atoms with Crippen molar-refractivity contribution >= 4 is 11.7 Å². The van der Waals surface area contributed by atoms with Crippen molar-refractivity contribution in [2.75, 3.05) is 11.9 Å². The van der Waals surface area contributed by atoms with Crippen LogP contribution in [0.4, 0.5) is 5.82 Å². The molecular weight excluding hydrogens is 256 g/mol. The van der Waals surface area contributed by atoms with E-state index in [9.17, 15) is 4.79 Å². The summed E-state index contributed by atoms with van der Waals surface area (Å²) in [5.74, 6) is 0.809. The molecular formula is C14H14N4O2. The number of aromatic nitrogens is 2. The van der Waals surface area contributed by atoms with E-state index < -0.39 is 0 Å². The van der Waals surface area contributed by atoms with Crippen LogP contribution in [0.15, 0.2) is 30.5 Å². The molecule has 0 bridgehead atoms. The first kappa shape index (κ1) is 13.6. The Morgan fingerprint density at radius 2 is 2.40 bits per heavy atom. The minimum absolute atomic E-state index is 0.192. The zero-order valence-corrected chi connectivity index (χ0v) is 11.0. The van der Waals surface area contributed by atoms with E-state index in [-0.39, 0.29) is 18.9 Å². The molecule has 0 atom stereocenters. The molecule has 102 valence electrons. The Morgan fingerprint density at radius 3 is 3.15 bits per heavy atom. The molecule has 0 unspecified atom stereocenters. The minimum Gasteiger partial charge on any atom is -0.493 e. The van der Waals surface area contributed by atoms with E-state index >= 15 is 0 Å². The highest BCUT2D eigenvalue weighted by atomic mass is 16.5. The van der Waals surface area contributed by atoms with Crippen molar-refractivity contribution in [1.29, 1.82) is 5.26 Å². The molecule has 0 fully saturated rings. The van der Waals surface area contributed by atoms with Gasteiger partial charge in [0.2, 0.25) is 5.91 Å². The first-order valence-electron chi connectivity index (χ1n) is 6.12. The minimum atomic E-state index is -0.238. The molecule has 1 heterocycles. The van der Waals surface area contributed by atoms with Crippen molar-refractivity contribution in [2.24, 2.45) is 0 Å². The number of H-pyrrole nitrogens is 1. The third kappa shape index (κ3) is 3.59. The van der Waals surface area contributed by atoms with Gasteiger partial charge in [0.1, 0.15) is 23.2 Å². The zero-order valence-electron chi connectivity index (χ0n) is 11.0. The smallest absolute Gasteiger partial charge is 0.228 e. The molecule has 0 aliphatic carbocycles. The lowest BCUT2D eigenvalue weighted by Crippen LogP contribution is -2.16. The maximum atomic E-state index is 11.7. The van der Waals surface area contributed by atoms with Gasteiger partial charge < -0.3 is 10.1 Å². The normalized spacial score (nSPS) is 9.80. The third-order valence-corrected chi connectivity index (χ3v) is 2.61. The van der Waals surface area contributed by atoms with Crippen molar-refractivity contribution in [3.05, 3.63) is 41.6 Å². The maximum absolute atomic E-state index is 11.7. The van der Waals surface area contributed by atoms with E-state index in [0.29, 0.717) is 11.4 Å². The number of aromatic amines is 1. The summed E-state index contributed by atoms with van der Waals surface area (Å²) in [5, 5.41) is 17.6. The van der Waals surface area contributed by atoms with E-state index in [4.69, 9.17) is 10.00 Å². The number of carbonyl (C=O) groups excluding carboxylic acids is 1. The number of rotatable bonds is 5. The number of nitrogens with one attached hydrogen (secondary N) is 2. The standard InChI is InChI=1S/C14H14N4O2/c1-10-3-2-4-12(7-10)20-6-5-13(19)17-14-11(8-15)9-16-18-14/h2-4,7,9H,5-6H2,1H3,(H2,16,17,18,19). The van der Waals surface area contributed by atoms with Crippen LogP contribution in [0, 0.1) is 18.3 Å².